The Kier molecular flexibility index (Phi) is 6.64. The number of hydrogen-bond donors (Lipinski definition) is 1. The van der Waals surface area contributed by atoms with Crippen LogP contribution in [0, 0.1) is 0 Å². The van der Waals surface area contributed by atoms with E-state index < -0.39 is 18.0 Å². The molecule has 1 N–H and O–H groups in total. The van der Waals surface area contributed by atoms with Crippen LogP contribution in [0.5, 0.6) is 0 Å². The third kappa shape index (κ3) is 5.25. The van der Waals surface area contributed by atoms with Gasteiger partial charge in [-0.3, -0.25) is 9.59 Å². The van der Waals surface area contributed by atoms with Gasteiger partial charge in [-0.05, 0) is 24.6 Å². The maximum Gasteiger partial charge on any atom is 0.306 e. The Bertz CT molecular complexity index is 699. The summed E-state index contributed by atoms with van der Waals surface area (Å²) in [7, 11) is 0. The van der Waals surface area contributed by atoms with Gasteiger partial charge in [0.15, 0.2) is 0 Å². The van der Waals surface area contributed by atoms with Crippen LogP contribution in [0.3, 0.4) is 0 Å². The summed E-state index contributed by atoms with van der Waals surface area (Å²) in [4.78, 5) is 24.4. The Morgan fingerprint density at radius 1 is 1.08 bits per heavy atom. The summed E-state index contributed by atoms with van der Waals surface area (Å²) >= 11 is 11.9. The SMILES string of the molecule is CCCC(=O)O[C@@H](C(=O)Nc1cc(Cl)cc(Cl)c1)c1ccccc1. The van der Waals surface area contributed by atoms with E-state index in [2.05, 4.69) is 5.32 Å². The number of carbonyl (C=O) groups excluding carboxylic acids is 2. The number of ether oxygens (including phenoxy) is 1. The normalized spacial score (nSPS) is 11.6. The van der Waals surface area contributed by atoms with Gasteiger partial charge >= 0.3 is 5.97 Å². The summed E-state index contributed by atoms with van der Waals surface area (Å²) in [5, 5.41) is 3.48. The maximum absolute atomic E-state index is 12.6. The Morgan fingerprint density at radius 3 is 2.29 bits per heavy atom. The average Bonchev–Trinajstić information content (AvgIpc) is 2.52. The largest absolute Gasteiger partial charge is 0.447 e. The van der Waals surface area contributed by atoms with E-state index in [1.54, 1.807) is 42.5 Å². The molecule has 0 heterocycles. The predicted octanol–water partition coefficient (Wildman–Crippen LogP) is 5.02. The molecule has 0 unspecified atom stereocenters. The molecule has 2 aromatic carbocycles. The molecule has 0 spiro atoms. The number of anilines is 1. The molecule has 4 nitrogen and oxygen atoms in total. The Balaban J connectivity index is 2.22. The van der Waals surface area contributed by atoms with Crippen molar-refractivity contribution in [3.05, 3.63) is 64.1 Å². The van der Waals surface area contributed by atoms with E-state index in [1.165, 1.54) is 0 Å². The highest BCUT2D eigenvalue weighted by atomic mass is 35.5. The van der Waals surface area contributed by atoms with Crippen LogP contribution in [-0.4, -0.2) is 11.9 Å². The van der Waals surface area contributed by atoms with Crippen LogP contribution in [0.4, 0.5) is 5.69 Å². The standard InChI is InChI=1S/C18H17Cl2NO3/c1-2-6-16(22)24-17(12-7-4-3-5-8-12)18(23)21-15-10-13(19)9-14(20)11-15/h3-5,7-11,17H,2,6H2,1H3,(H,21,23)/t17-/m1/s1. The van der Waals surface area contributed by atoms with Gasteiger partial charge in [0.05, 0.1) is 0 Å². The summed E-state index contributed by atoms with van der Waals surface area (Å²) in [5.41, 5.74) is 1.03. The highest BCUT2D eigenvalue weighted by molar-refractivity contribution is 6.35. The maximum atomic E-state index is 12.6. The fourth-order valence-corrected chi connectivity index (χ4v) is 2.66. The highest BCUT2D eigenvalue weighted by Gasteiger charge is 2.25. The lowest BCUT2D eigenvalue weighted by atomic mass is 10.1. The molecule has 2 rings (SSSR count). The lowest BCUT2D eigenvalue weighted by Crippen LogP contribution is -2.25. The van der Waals surface area contributed by atoms with Crippen molar-refractivity contribution in [1.29, 1.82) is 0 Å². The summed E-state index contributed by atoms with van der Waals surface area (Å²) in [6, 6.07) is 13.5. The van der Waals surface area contributed by atoms with Gasteiger partial charge in [0.2, 0.25) is 6.10 Å². The first-order valence-corrected chi connectivity index (χ1v) is 8.26. The van der Waals surface area contributed by atoms with Crippen molar-refractivity contribution < 1.29 is 14.3 Å². The Hall–Kier alpha value is -2.04. The molecule has 6 heteroatoms. The minimum Gasteiger partial charge on any atom is -0.447 e. The van der Waals surface area contributed by atoms with Crippen LogP contribution in [0.2, 0.25) is 10.0 Å². The zero-order valence-electron chi connectivity index (χ0n) is 13.1. The smallest absolute Gasteiger partial charge is 0.306 e. The van der Waals surface area contributed by atoms with Crippen molar-refractivity contribution in [1.82, 2.24) is 0 Å². The van der Waals surface area contributed by atoms with E-state index >= 15 is 0 Å². The van der Waals surface area contributed by atoms with Gasteiger partial charge in [0.1, 0.15) is 0 Å². The molecule has 1 atom stereocenters. The van der Waals surface area contributed by atoms with Crippen LogP contribution >= 0.6 is 23.2 Å². The molecule has 0 fully saturated rings. The fraction of sp³-hybridized carbons (Fsp3) is 0.222. The van der Waals surface area contributed by atoms with Gasteiger partial charge in [-0.25, -0.2) is 0 Å². The van der Waals surface area contributed by atoms with Gasteiger partial charge in [-0.15, -0.1) is 0 Å². The van der Waals surface area contributed by atoms with Crippen LogP contribution in [0.1, 0.15) is 31.4 Å². The molecule has 0 bridgehead atoms. The van der Waals surface area contributed by atoms with Crippen LogP contribution < -0.4 is 5.32 Å². The highest BCUT2D eigenvalue weighted by Crippen LogP contribution is 2.25. The minimum atomic E-state index is -1.04. The molecule has 0 saturated carbocycles. The van der Waals surface area contributed by atoms with Gasteiger partial charge < -0.3 is 10.1 Å². The first-order chi connectivity index (χ1) is 11.5. The molecule has 126 valence electrons. The van der Waals surface area contributed by atoms with E-state index in [0.717, 1.165) is 0 Å². The van der Waals surface area contributed by atoms with Gasteiger partial charge in [-0.2, -0.15) is 0 Å². The molecule has 0 aliphatic heterocycles. The molecular weight excluding hydrogens is 349 g/mol. The van der Waals surface area contributed by atoms with Gasteiger partial charge in [0, 0.05) is 27.7 Å². The van der Waals surface area contributed by atoms with Crippen molar-refractivity contribution in [2.45, 2.75) is 25.9 Å². The second-order valence-electron chi connectivity index (χ2n) is 5.18. The Morgan fingerprint density at radius 2 is 1.71 bits per heavy atom. The number of halogens is 2. The predicted molar refractivity (Wildman–Crippen MR) is 95.3 cm³/mol. The molecule has 0 radical (unpaired) electrons. The summed E-state index contributed by atoms with van der Waals surface area (Å²) in [5.74, 6) is -0.894. The second kappa shape index (κ2) is 8.71. The number of esters is 1. The third-order valence-corrected chi connectivity index (χ3v) is 3.61. The van der Waals surface area contributed by atoms with Gasteiger partial charge in [-0.1, -0.05) is 60.5 Å². The lowest BCUT2D eigenvalue weighted by molar-refractivity contribution is -0.154. The third-order valence-electron chi connectivity index (χ3n) is 3.17. The van der Waals surface area contributed by atoms with E-state index in [1.807, 2.05) is 13.0 Å². The van der Waals surface area contributed by atoms with Crippen molar-refractivity contribution in [2.24, 2.45) is 0 Å². The number of carbonyl (C=O) groups is 2. The van der Waals surface area contributed by atoms with Crippen LogP contribution in [0.25, 0.3) is 0 Å². The van der Waals surface area contributed by atoms with E-state index in [4.69, 9.17) is 27.9 Å². The monoisotopic (exact) mass is 365 g/mol. The molecule has 0 saturated heterocycles. The number of amides is 1. The average molecular weight is 366 g/mol. The topological polar surface area (TPSA) is 55.4 Å². The number of rotatable bonds is 6. The van der Waals surface area contributed by atoms with Crippen LogP contribution in [-0.2, 0) is 14.3 Å². The first-order valence-electron chi connectivity index (χ1n) is 7.51. The number of nitrogens with one attached hydrogen (secondary N) is 1. The first kappa shape index (κ1) is 18.3. The molecule has 1 amide bonds. The molecular formula is C18H17Cl2NO3. The van der Waals surface area contributed by atoms with E-state index in [-0.39, 0.29) is 6.42 Å². The lowest BCUT2D eigenvalue weighted by Gasteiger charge is -2.18. The number of benzene rings is 2. The quantitative estimate of drug-likeness (QED) is 0.731. The molecule has 24 heavy (non-hydrogen) atoms. The van der Waals surface area contributed by atoms with Gasteiger partial charge in [0.25, 0.3) is 5.91 Å². The second-order valence-corrected chi connectivity index (χ2v) is 6.05. The summed E-state index contributed by atoms with van der Waals surface area (Å²) in [6.45, 7) is 1.87. The summed E-state index contributed by atoms with van der Waals surface area (Å²) < 4.78 is 5.35. The van der Waals surface area contributed by atoms with Crippen molar-refractivity contribution >= 4 is 40.8 Å². The van der Waals surface area contributed by atoms with E-state index in [9.17, 15) is 9.59 Å². The molecule has 0 aliphatic carbocycles. The molecule has 2 aromatic rings. The molecule has 0 aromatic heterocycles. The molecule has 0 aliphatic rings. The zero-order chi connectivity index (χ0) is 17.5. The number of hydrogen-bond acceptors (Lipinski definition) is 3. The Labute approximate surface area is 150 Å². The van der Waals surface area contributed by atoms with Crippen molar-refractivity contribution in [2.75, 3.05) is 5.32 Å². The van der Waals surface area contributed by atoms with Crippen LogP contribution in [0.15, 0.2) is 48.5 Å². The zero-order valence-corrected chi connectivity index (χ0v) is 14.6. The minimum absolute atomic E-state index is 0.250. The van der Waals surface area contributed by atoms with Crippen molar-refractivity contribution in [3.8, 4) is 0 Å². The van der Waals surface area contributed by atoms with Crippen molar-refractivity contribution in [3.63, 3.8) is 0 Å². The summed E-state index contributed by atoms with van der Waals surface area (Å²) in [6.07, 6.45) is -0.145. The fourth-order valence-electron chi connectivity index (χ4n) is 2.13. The van der Waals surface area contributed by atoms with E-state index in [0.29, 0.717) is 27.7 Å².